The molecule has 2 fully saturated rings. The number of esters is 1. The van der Waals surface area contributed by atoms with Crippen molar-refractivity contribution in [1.29, 1.82) is 0 Å². The Kier molecular flexibility index (Phi) is 6.94. The maximum absolute atomic E-state index is 14.3. The first-order valence-corrected chi connectivity index (χ1v) is 13.4. The number of carbonyl (C=O) groups excluding carboxylic acids is 3. The summed E-state index contributed by atoms with van der Waals surface area (Å²) < 4.78 is 12.4. The molecule has 4 heterocycles. The molecule has 1 unspecified atom stereocenters. The number of nitrogens with zero attached hydrogens (tertiary/aromatic N) is 2. The van der Waals surface area contributed by atoms with Crippen LogP contribution < -0.4 is 4.90 Å². The molecule has 6 atom stereocenters. The number of hydrogen-bond acceptors (Lipinski definition) is 6. The van der Waals surface area contributed by atoms with Crippen LogP contribution in [0.2, 0.25) is 5.02 Å². The molecule has 2 saturated heterocycles. The van der Waals surface area contributed by atoms with Gasteiger partial charge in [-0.3, -0.25) is 14.4 Å². The lowest BCUT2D eigenvalue weighted by molar-refractivity contribution is -0.160. The summed E-state index contributed by atoms with van der Waals surface area (Å²) in [5.41, 5.74) is -1.90. The van der Waals surface area contributed by atoms with E-state index in [1.54, 1.807) is 42.2 Å². The Morgan fingerprint density at radius 1 is 1.08 bits per heavy atom. The summed E-state index contributed by atoms with van der Waals surface area (Å²) >= 11 is 6.08. The van der Waals surface area contributed by atoms with Gasteiger partial charge >= 0.3 is 5.97 Å². The van der Waals surface area contributed by atoms with Crippen molar-refractivity contribution in [2.24, 2.45) is 11.8 Å². The Labute approximate surface area is 221 Å². The van der Waals surface area contributed by atoms with Gasteiger partial charge in [-0.1, -0.05) is 42.8 Å². The Morgan fingerprint density at radius 2 is 1.84 bits per heavy atom. The highest BCUT2D eigenvalue weighted by Crippen LogP contribution is 2.57. The topological polar surface area (TPSA) is 96.4 Å². The van der Waals surface area contributed by atoms with Crippen molar-refractivity contribution in [3.8, 4) is 0 Å². The van der Waals surface area contributed by atoms with Crippen LogP contribution in [-0.4, -0.2) is 70.8 Å². The van der Waals surface area contributed by atoms with Crippen molar-refractivity contribution < 1.29 is 29.0 Å². The fraction of sp³-hybridized carbons (Fsp3) is 0.536. The van der Waals surface area contributed by atoms with E-state index in [2.05, 4.69) is 0 Å². The molecule has 198 valence electrons. The lowest BCUT2D eigenvalue weighted by Crippen LogP contribution is -2.58. The zero-order valence-electron chi connectivity index (χ0n) is 21.1. The largest absolute Gasteiger partial charge is 0.465 e. The molecule has 4 aliphatic rings. The van der Waals surface area contributed by atoms with Crippen LogP contribution in [0.25, 0.3) is 0 Å². The lowest BCUT2D eigenvalue weighted by Gasteiger charge is -2.40. The number of fused-ring (bicyclic) bond motifs is 2. The number of halogens is 1. The Morgan fingerprint density at radius 3 is 2.54 bits per heavy atom. The highest BCUT2D eigenvalue weighted by molar-refractivity contribution is 6.30. The van der Waals surface area contributed by atoms with Crippen LogP contribution in [0.4, 0.5) is 5.69 Å². The number of ether oxygens (including phenoxy) is 2. The number of benzene rings is 1. The molecule has 0 radical (unpaired) electrons. The van der Waals surface area contributed by atoms with Crippen LogP contribution in [0.3, 0.4) is 0 Å². The Hall–Kier alpha value is -2.68. The number of aliphatic hydroxyl groups excluding tert-OH is 1. The minimum atomic E-state index is -1.39. The van der Waals surface area contributed by atoms with E-state index in [-0.39, 0.29) is 31.6 Å². The first-order valence-electron chi connectivity index (χ1n) is 13.0. The molecular formula is C28H33ClN2O6. The first kappa shape index (κ1) is 25.9. The number of hydrogen-bond donors (Lipinski definition) is 1. The van der Waals surface area contributed by atoms with E-state index in [1.807, 2.05) is 25.2 Å². The van der Waals surface area contributed by atoms with Gasteiger partial charge in [0, 0.05) is 17.3 Å². The van der Waals surface area contributed by atoms with Crippen molar-refractivity contribution in [2.45, 2.75) is 62.8 Å². The molecule has 1 aromatic carbocycles. The third-order valence-corrected chi connectivity index (χ3v) is 8.40. The average molecular weight is 529 g/mol. The molecule has 0 aliphatic carbocycles. The SMILES string of the molecule is CC[C@@H](CO)N1C(=O)[C@@H]2[C@@H]3C(=O)OCCCC/C=C\[C@]3(C)O[C@@]23C=CCN(c2ccc(Cl)cc2)C(=O)C13. The molecule has 37 heavy (non-hydrogen) atoms. The van der Waals surface area contributed by atoms with Crippen LogP contribution in [0, 0.1) is 11.8 Å². The maximum atomic E-state index is 14.3. The quantitative estimate of drug-likeness (QED) is 0.476. The van der Waals surface area contributed by atoms with Gasteiger partial charge in [0.2, 0.25) is 5.91 Å². The zero-order chi connectivity index (χ0) is 26.4. The number of likely N-dealkylation sites (tertiary alicyclic amines) is 1. The minimum Gasteiger partial charge on any atom is -0.465 e. The molecule has 2 amide bonds. The van der Waals surface area contributed by atoms with Gasteiger partial charge in [0.1, 0.15) is 17.6 Å². The number of anilines is 1. The number of aliphatic hydroxyl groups is 1. The number of cyclic esters (lactones) is 1. The molecule has 1 N–H and O–H groups in total. The number of rotatable bonds is 4. The number of amides is 2. The summed E-state index contributed by atoms with van der Waals surface area (Å²) in [6, 6.07) is 5.26. The molecule has 0 bridgehead atoms. The summed E-state index contributed by atoms with van der Waals surface area (Å²) in [5, 5.41) is 10.8. The molecule has 8 nitrogen and oxygen atoms in total. The van der Waals surface area contributed by atoms with Crippen LogP contribution in [-0.2, 0) is 23.9 Å². The van der Waals surface area contributed by atoms with Crippen LogP contribution in [0.15, 0.2) is 48.6 Å². The van der Waals surface area contributed by atoms with E-state index < -0.39 is 41.1 Å². The van der Waals surface area contributed by atoms with Crippen molar-refractivity contribution in [1.82, 2.24) is 4.90 Å². The van der Waals surface area contributed by atoms with E-state index in [1.165, 1.54) is 4.90 Å². The second-order valence-corrected chi connectivity index (χ2v) is 10.8. The summed E-state index contributed by atoms with van der Waals surface area (Å²) in [5.74, 6) is -3.11. The second-order valence-electron chi connectivity index (χ2n) is 10.4. The van der Waals surface area contributed by atoms with E-state index in [9.17, 15) is 19.5 Å². The third-order valence-electron chi connectivity index (χ3n) is 8.15. The molecular weight excluding hydrogens is 496 g/mol. The first-order chi connectivity index (χ1) is 17.8. The van der Waals surface area contributed by atoms with Crippen molar-refractivity contribution >= 4 is 35.1 Å². The van der Waals surface area contributed by atoms with E-state index in [0.29, 0.717) is 17.1 Å². The average Bonchev–Trinajstić information content (AvgIpc) is 3.21. The minimum absolute atomic E-state index is 0.258. The summed E-state index contributed by atoms with van der Waals surface area (Å²) in [6.45, 7) is 3.87. The van der Waals surface area contributed by atoms with Crippen LogP contribution in [0.5, 0.6) is 0 Å². The summed E-state index contributed by atoms with van der Waals surface area (Å²) in [7, 11) is 0. The van der Waals surface area contributed by atoms with Gasteiger partial charge in [0.05, 0.1) is 30.8 Å². The molecule has 1 spiro atoms. The summed E-state index contributed by atoms with van der Waals surface area (Å²) in [6.07, 6.45) is 10.3. The van der Waals surface area contributed by atoms with Gasteiger partial charge in [-0.15, -0.1) is 0 Å². The fourth-order valence-corrected chi connectivity index (χ4v) is 6.52. The van der Waals surface area contributed by atoms with Gasteiger partial charge in [0.25, 0.3) is 5.91 Å². The fourth-order valence-electron chi connectivity index (χ4n) is 6.40. The second kappa shape index (κ2) is 9.89. The smallest absolute Gasteiger partial charge is 0.313 e. The maximum Gasteiger partial charge on any atom is 0.313 e. The van der Waals surface area contributed by atoms with Crippen molar-refractivity contribution in [2.75, 3.05) is 24.7 Å². The van der Waals surface area contributed by atoms with Gasteiger partial charge in [0.15, 0.2) is 0 Å². The lowest BCUT2D eigenvalue weighted by atomic mass is 9.74. The predicted molar refractivity (Wildman–Crippen MR) is 138 cm³/mol. The van der Waals surface area contributed by atoms with Gasteiger partial charge in [-0.05, 0) is 56.9 Å². The molecule has 0 saturated carbocycles. The van der Waals surface area contributed by atoms with Crippen LogP contribution in [0.1, 0.15) is 39.5 Å². The van der Waals surface area contributed by atoms with Gasteiger partial charge in [-0.2, -0.15) is 0 Å². The van der Waals surface area contributed by atoms with E-state index in [0.717, 1.165) is 19.3 Å². The van der Waals surface area contributed by atoms with Gasteiger partial charge < -0.3 is 24.4 Å². The summed E-state index contributed by atoms with van der Waals surface area (Å²) in [4.78, 5) is 45.1. The van der Waals surface area contributed by atoms with Crippen molar-refractivity contribution in [3.05, 3.63) is 53.6 Å². The monoisotopic (exact) mass is 528 g/mol. The number of carbonyl (C=O) groups is 3. The highest BCUT2D eigenvalue weighted by Gasteiger charge is 2.75. The standard InChI is InChI=1S/C28H33ClN2O6/c1-3-19(17-32)31-23-25(34)30(20-11-9-18(29)10-12-20)15-8-14-28(23)21(24(31)33)22-26(35)36-16-7-5-4-6-13-27(22,2)37-28/h6,8-14,19,21-23,32H,3-5,7,15-17H2,1-2H3/b13-6-/t19-,21-,22+,23?,27-,28-/m0/s1. The van der Waals surface area contributed by atoms with Crippen molar-refractivity contribution in [3.63, 3.8) is 0 Å². The molecule has 0 aromatic heterocycles. The van der Waals surface area contributed by atoms with Gasteiger partial charge in [-0.25, -0.2) is 0 Å². The zero-order valence-corrected chi connectivity index (χ0v) is 21.9. The van der Waals surface area contributed by atoms with E-state index >= 15 is 0 Å². The molecule has 9 heteroatoms. The normalized spacial score (nSPS) is 35.4. The molecule has 4 aliphatic heterocycles. The molecule has 1 aromatic rings. The third kappa shape index (κ3) is 4.10. The molecule has 5 rings (SSSR count). The Balaban J connectivity index is 1.67. The number of allylic oxidation sites excluding steroid dienone is 1. The Bertz CT molecular complexity index is 1130. The van der Waals surface area contributed by atoms with E-state index in [4.69, 9.17) is 21.1 Å². The van der Waals surface area contributed by atoms with Crippen LogP contribution >= 0.6 is 11.6 Å². The predicted octanol–water partition coefficient (Wildman–Crippen LogP) is 3.27. The highest BCUT2D eigenvalue weighted by atomic mass is 35.5.